The predicted molar refractivity (Wildman–Crippen MR) is 176 cm³/mol. The highest BCUT2D eigenvalue weighted by Gasteiger charge is 2.56. The van der Waals surface area contributed by atoms with E-state index < -0.39 is 0 Å². The monoisotopic (exact) mass is 616 g/mol. The van der Waals surface area contributed by atoms with Gasteiger partial charge in [0.25, 0.3) is 5.56 Å². The van der Waals surface area contributed by atoms with Crippen molar-refractivity contribution in [3.63, 3.8) is 0 Å². The molecular formula is C35H45FN6O3. The molecule has 0 amide bonds. The first-order chi connectivity index (χ1) is 21.6. The number of anilines is 1. The predicted octanol–water partition coefficient (Wildman–Crippen LogP) is 5.97. The standard InChI is InChI=1S/C35H45FN6O3/c1-21-19-41(14-12-30(21)40-45-6)34(39-31-16-24-15-28(22(31)2)35(24,3)4)38-25-8-10-27-32(17-25)37-20-42(33(27)43)13-11-23-7-9-26(44-5)18-29(23)36/h7-10,17-18,20-22,24,28,31H,11-16,19H2,1-6H3,(H,38,39)/b40-30+/t21?,22-,24-,28+,31-/m0/s1. The Labute approximate surface area is 264 Å². The average Bonchev–Trinajstić information content (AvgIpc) is 3.02. The van der Waals surface area contributed by atoms with Gasteiger partial charge in [-0.05, 0) is 72.3 Å². The van der Waals surface area contributed by atoms with E-state index in [1.807, 2.05) is 18.2 Å². The summed E-state index contributed by atoms with van der Waals surface area (Å²) in [5.41, 5.74) is 3.28. The van der Waals surface area contributed by atoms with Crippen molar-refractivity contribution in [3.8, 4) is 5.75 Å². The van der Waals surface area contributed by atoms with Crippen LogP contribution in [0.4, 0.5) is 10.1 Å². The lowest BCUT2D eigenvalue weighted by Crippen LogP contribution is -2.57. The van der Waals surface area contributed by atoms with E-state index in [4.69, 9.17) is 14.6 Å². The number of guanidine groups is 1. The second-order valence-corrected chi connectivity index (χ2v) is 13.6. The van der Waals surface area contributed by atoms with E-state index in [9.17, 15) is 9.18 Å². The molecule has 3 saturated carbocycles. The van der Waals surface area contributed by atoms with Gasteiger partial charge in [-0.15, -0.1) is 0 Å². The molecule has 3 aliphatic carbocycles. The SMILES string of the molecule is CO/N=C1\CCN(C(=N[C@H]2C[C@@H]3C[C@H]([C@@H]2C)C3(C)C)Nc2ccc3c(=O)n(CCc4ccc(OC)cc4F)cnc3c2)CC1C. The molecule has 1 aliphatic heterocycles. The van der Waals surface area contributed by atoms with E-state index in [2.05, 4.69) is 48.1 Å². The molecule has 1 unspecified atom stereocenters. The van der Waals surface area contributed by atoms with Crippen LogP contribution in [0, 0.1) is 34.9 Å². The summed E-state index contributed by atoms with van der Waals surface area (Å²) in [4.78, 5) is 30.8. The van der Waals surface area contributed by atoms with Crippen molar-refractivity contribution in [2.75, 3.05) is 32.6 Å². The molecular weight excluding hydrogens is 571 g/mol. The van der Waals surface area contributed by atoms with Crippen molar-refractivity contribution < 1.29 is 14.0 Å². The van der Waals surface area contributed by atoms with E-state index in [0.29, 0.717) is 58.4 Å². The number of nitrogens with one attached hydrogen (secondary N) is 1. The smallest absolute Gasteiger partial charge is 0.261 e. The third-order valence-electron chi connectivity index (χ3n) is 10.8. The number of methoxy groups -OCH3 is 1. The fraction of sp³-hybridized carbons (Fsp3) is 0.543. The van der Waals surface area contributed by atoms with Gasteiger partial charge in [-0.1, -0.05) is 38.9 Å². The minimum Gasteiger partial charge on any atom is -0.497 e. The van der Waals surface area contributed by atoms with Crippen LogP contribution in [0.15, 0.2) is 57.7 Å². The summed E-state index contributed by atoms with van der Waals surface area (Å²) in [5.74, 6) is 3.14. The molecule has 4 aliphatic rings. The van der Waals surface area contributed by atoms with Crippen molar-refractivity contribution in [2.24, 2.45) is 39.2 Å². The Balaban J connectivity index is 1.23. The maximum absolute atomic E-state index is 14.5. The molecule has 45 heavy (non-hydrogen) atoms. The third-order valence-corrected chi connectivity index (χ3v) is 10.8. The third kappa shape index (κ3) is 6.03. The number of aryl methyl sites for hydroxylation is 2. The first-order valence-electron chi connectivity index (χ1n) is 16.1. The van der Waals surface area contributed by atoms with Crippen LogP contribution < -0.4 is 15.6 Å². The Morgan fingerprint density at radius 3 is 2.67 bits per heavy atom. The number of nitrogens with zero attached hydrogens (tertiary/aromatic N) is 5. The number of piperidine rings is 1. The zero-order valence-electron chi connectivity index (χ0n) is 27.2. The van der Waals surface area contributed by atoms with Gasteiger partial charge in [-0.2, -0.15) is 0 Å². The highest BCUT2D eigenvalue weighted by Crippen LogP contribution is 2.61. The van der Waals surface area contributed by atoms with Crippen LogP contribution in [0.1, 0.15) is 52.5 Å². The zero-order chi connectivity index (χ0) is 31.9. The average molecular weight is 617 g/mol. The van der Waals surface area contributed by atoms with Crippen molar-refractivity contribution in [1.82, 2.24) is 14.5 Å². The number of likely N-dealkylation sites (tertiary alicyclic amines) is 1. The lowest BCUT2D eigenvalue weighted by molar-refractivity contribution is -0.108. The van der Waals surface area contributed by atoms with E-state index >= 15 is 0 Å². The minimum atomic E-state index is -0.349. The number of aromatic nitrogens is 2. The molecule has 4 fully saturated rings. The number of aliphatic imine (C=N–C) groups is 1. The Morgan fingerprint density at radius 1 is 1.16 bits per heavy atom. The van der Waals surface area contributed by atoms with Gasteiger partial charge in [-0.3, -0.25) is 9.36 Å². The van der Waals surface area contributed by atoms with Crippen LogP contribution in [-0.4, -0.2) is 59.5 Å². The number of rotatable bonds is 7. The van der Waals surface area contributed by atoms with E-state index in [-0.39, 0.29) is 23.3 Å². The van der Waals surface area contributed by atoms with Crippen molar-refractivity contribution in [1.29, 1.82) is 0 Å². The molecule has 1 aromatic heterocycles. The van der Waals surface area contributed by atoms with E-state index in [1.54, 1.807) is 25.6 Å². The highest BCUT2D eigenvalue weighted by atomic mass is 19.1. The van der Waals surface area contributed by atoms with Gasteiger partial charge < -0.3 is 19.8 Å². The van der Waals surface area contributed by atoms with Crippen molar-refractivity contribution in [2.45, 2.75) is 66.0 Å². The first kappa shape index (κ1) is 31.0. The molecule has 240 valence electrons. The topological polar surface area (TPSA) is 93.3 Å². The fourth-order valence-electron chi connectivity index (χ4n) is 7.73. The summed E-state index contributed by atoms with van der Waals surface area (Å²) in [7, 11) is 3.10. The van der Waals surface area contributed by atoms with Gasteiger partial charge in [0.2, 0.25) is 0 Å². The van der Waals surface area contributed by atoms with Crippen LogP contribution in [0.25, 0.3) is 10.9 Å². The summed E-state index contributed by atoms with van der Waals surface area (Å²) < 4.78 is 21.1. The summed E-state index contributed by atoms with van der Waals surface area (Å²) in [6.07, 6.45) is 5.14. The molecule has 9 nitrogen and oxygen atoms in total. The Bertz CT molecular complexity index is 1680. The molecule has 0 spiro atoms. The number of halogens is 1. The van der Waals surface area contributed by atoms with Crippen LogP contribution in [0.2, 0.25) is 0 Å². The maximum atomic E-state index is 14.5. The van der Waals surface area contributed by atoms with Crippen LogP contribution in [0.5, 0.6) is 5.75 Å². The number of ether oxygens (including phenoxy) is 1. The molecule has 1 N–H and O–H groups in total. The molecule has 7 rings (SSSR count). The number of oxime groups is 1. The van der Waals surface area contributed by atoms with Gasteiger partial charge in [0.05, 0.1) is 36.1 Å². The molecule has 5 atom stereocenters. The van der Waals surface area contributed by atoms with Gasteiger partial charge in [0.1, 0.15) is 18.7 Å². The summed E-state index contributed by atoms with van der Waals surface area (Å²) in [6, 6.07) is 10.7. The fourth-order valence-corrected chi connectivity index (χ4v) is 7.73. The van der Waals surface area contributed by atoms with Gasteiger partial charge in [0, 0.05) is 43.7 Å². The Kier molecular flexibility index (Phi) is 8.59. The van der Waals surface area contributed by atoms with E-state index in [0.717, 1.165) is 43.3 Å². The summed E-state index contributed by atoms with van der Waals surface area (Å²) in [5, 5.41) is 8.41. The normalized spacial score (nSPS) is 26.9. The van der Waals surface area contributed by atoms with Crippen molar-refractivity contribution in [3.05, 3.63) is 64.5 Å². The second-order valence-electron chi connectivity index (χ2n) is 13.6. The van der Waals surface area contributed by atoms with Gasteiger partial charge in [0.15, 0.2) is 5.96 Å². The maximum Gasteiger partial charge on any atom is 0.261 e. The minimum absolute atomic E-state index is 0.151. The van der Waals surface area contributed by atoms with E-state index in [1.165, 1.54) is 24.2 Å². The molecule has 3 aromatic rings. The van der Waals surface area contributed by atoms with Gasteiger partial charge in [-0.25, -0.2) is 14.4 Å². The molecule has 2 heterocycles. The molecule has 2 bridgehead atoms. The largest absolute Gasteiger partial charge is 0.497 e. The van der Waals surface area contributed by atoms with Crippen LogP contribution in [-0.2, 0) is 17.8 Å². The number of hydrogen-bond donors (Lipinski definition) is 1. The summed E-state index contributed by atoms with van der Waals surface area (Å²) in [6.45, 7) is 11.3. The molecule has 2 aromatic carbocycles. The highest BCUT2D eigenvalue weighted by molar-refractivity contribution is 5.97. The zero-order valence-corrected chi connectivity index (χ0v) is 27.2. The van der Waals surface area contributed by atoms with Crippen LogP contribution >= 0.6 is 0 Å². The van der Waals surface area contributed by atoms with Crippen molar-refractivity contribution >= 4 is 28.3 Å². The molecule has 10 heteroatoms. The first-order valence-corrected chi connectivity index (χ1v) is 16.1. The lowest BCUT2D eigenvalue weighted by Gasteiger charge is -2.61. The summed E-state index contributed by atoms with van der Waals surface area (Å²) >= 11 is 0. The number of fused-ring (bicyclic) bond motifs is 3. The Hall–Kier alpha value is -3.95. The number of benzene rings is 2. The van der Waals surface area contributed by atoms with Gasteiger partial charge >= 0.3 is 0 Å². The quantitative estimate of drug-likeness (QED) is 0.200. The Morgan fingerprint density at radius 2 is 1.98 bits per heavy atom. The molecule has 1 saturated heterocycles. The second kappa shape index (κ2) is 12.4. The number of hydrogen-bond acceptors (Lipinski definition) is 6. The lowest BCUT2D eigenvalue weighted by atomic mass is 9.45. The molecule has 0 radical (unpaired) electrons. The van der Waals surface area contributed by atoms with Crippen LogP contribution in [0.3, 0.4) is 0 Å².